The molecule has 0 saturated heterocycles. The maximum atomic E-state index is 12.6. The highest BCUT2D eigenvalue weighted by Gasteiger charge is 2.18. The van der Waals surface area contributed by atoms with Gasteiger partial charge in [0, 0.05) is 29.3 Å². The van der Waals surface area contributed by atoms with Gasteiger partial charge >= 0.3 is 5.97 Å². The Morgan fingerprint density at radius 1 is 1.05 bits per heavy atom. The average molecular weight is 593 g/mol. The fourth-order valence-electron chi connectivity index (χ4n) is 2.92. The van der Waals surface area contributed by atoms with E-state index in [1.807, 2.05) is 6.92 Å². The van der Waals surface area contributed by atoms with Crippen LogP contribution in [0, 0.1) is 0 Å². The third-order valence-corrected chi connectivity index (χ3v) is 6.43. The second-order valence-corrected chi connectivity index (χ2v) is 10.2. The van der Waals surface area contributed by atoms with Gasteiger partial charge in [-0.2, -0.15) is 0 Å². The highest BCUT2D eigenvalue weighted by molar-refractivity contribution is 7.79. The Balaban J connectivity index is 2.70. The Kier molecular flexibility index (Phi) is 16.0. The van der Waals surface area contributed by atoms with E-state index in [0.29, 0.717) is 29.3 Å². The number of hydrogen-bond acceptors (Lipinski definition) is 9. The fraction of sp³-hybridized carbons (Fsp3) is 0.370. The Labute approximate surface area is 241 Å². The molecule has 0 aromatic carbocycles. The number of hydrogen-bond donors (Lipinski definition) is 3. The maximum Gasteiger partial charge on any atom is 0.353 e. The molecular weight excluding hydrogens is 556 g/mol. The number of thiazole rings is 1. The molecule has 0 bridgehead atoms. The summed E-state index contributed by atoms with van der Waals surface area (Å²) in [4.78, 5) is 52.8. The van der Waals surface area contributed by atoms with E-state index in [1.54, 1.807) is 31.2 Å². The molecular formula is C27H36N4O7S2. The first-order chi connectivity index (χ1) is 19.0. The van der Waals surface area contributed by atoms with Gasteiger partial charge in [-0.25, -0.2) is 14.0 Å². The molecule has 1 aromatic rings. The summed E-state index contributed by atoms with van der Waals surface area (Å²) >= 11 is -0.0249. The molecule has 0 spiro atoms. The number of nitrogens with zero attached hydrogens (tertiary/aromatic N) is 1. The number of ether oxygens (including phenoxy) is 1. The molecule has 3 N–H and O–H groups in total. The van der Waals surface area contributed by atoms with Crippen LogP contribution in [0.15, 0.2) is 59.8 Å². The van der Waals surface area contributed by atoms with Crippen molar-refractivity contribution in [2.75, 3.05) is 26.5 Å². The number of unbranched alkanes of at least 4 members (excludes halogenated alkanes) is 3. The van der Waals surface area contributed by atoms with Crippen molar-refractivity contribution < 1.29 is 32.3 Å². The van der Waals surface area contributed by atoms with Crippen LogP contribution in [0.5, 0.6) is 0 Å². The summed E-state index contributed by atoms with van der Waals surface area (Å²) in [6.45, 7) is 11.4. The third-order valence-electron chi connectivity index (χ3n) is 5.04. The van der Waals surface area contributed by atoms with Crippen LogP contribution in [0.4, 0.5) is 0 Å². The van der Waals surface area contributed by atoms with Crippen molar-refractivity contribution in [1.82, 2.24) is 20.9 Å². The van der Waals surface area contributed by atoms with E-state index in [9.17, 15) is 23.4 Å². The number of allylic oxidation sites excluding steroid dienone is 5. The van der Waals surface area contributed by atoms with Crippen molar-refractivity contribution in [2.45, 2.75) is 39.5 Å². The second-order valence-electron chi connectivity index (χ2n) is 8.26. The number of rotatable bonds is 17. The van der Waals surface area contributed by atoms with Gasteiger partial charge in [-0.1, -0.05) is 50.3 Å². The molecule has 0 aliphatic rings. The Morgan fingerprint density at radius 3 is 2.40 bits per heavy atom. The zero-order chi connectivity index (χ0) is 30.1. The summed E-state index contributed by atoms with van der Waals surface area (Å²) in [5, 5.41) is 9.45. The number of carbonyl (C=O) groups excluding carboxylic acids is 4. The molecule has 0 aliphatic carbocycles. The standard InChI is InChI=1S/C27H36N4O7S2/c1-7-12-21(14-13-18(2)23(32)28-15-10-8-9-11-16-38-40(6)36)26-31-22(17-39-26)25(34)29-19(3)24(33)30-20(4)27(35)37-5/h7,12-14,17H,3-4,8-11,15-16H2,1-2,5-6H3,(H,28,32)(H,29,34)(H,30,33)/b12-7-,18-13+,21-14+. The molecule has 0 aliphatic heterocycles. The van der Waals surface area contributed by atoms with Crippen LogP contribution >= 0.6 is 11.3 Å². The first kappa shape index (κ1) is 34.3. The minimum absolute atomic E-state index is 0.0594. The summed E-state index contributed by atoms with van der Waals surface area (Å²) in [5.41, 5.74) is 0.641. The zero-order valence-electron chi connectivity index (χ0n) is 23.2. The first-order valence-corrected chi connectivity index (χ1v) is 14.7. The van der Waals surface area contributed by atoms with Crippen molar-refractivity contribution in [3.63, 3.8) is 0 Å². The van der Waals surface area contributed by atoms with E-state index in [1.165, 1.54) is 23.0 Å². The molecule has 0 saturated carbocycles. The van der Waals surface area contributed by atoms with Crippen molar-refractivity contribution in [1.29, 1.82) is 0 Å². The van der Waals surface area contributed by atoms with E-state index < -0.39 is 28.9 Å². The average Bonchev–Trinajstić information content (AvgIpc) is 3.41. The molecule has 1 atom stereocenters. The van der Waals surface area contributed by atoms with Crippen molar-refractivity contribution in [3.05, 3.63) is 70.5 Å². The van der Waals surface area contributed by atoms with E-state index >= 15 is 0 Å². The van der Waals surface area contributed by atoms with E-state index in [4.69, 9.17) is 4.18 Å². The van der Waals surface area contributed by atoms with Gasteiger partial charge < -0.3 is 20.7 Å². The number of esters is 1. The Hall–Kier alpha value is -3.68. The van der Waals surface area contributed by atoms with E-state index in [-0.39, 0.29) is 23.0 Å². The maximum absolute atomic E-state index is 12.6. The predicted octanol–water partition coefficient (Wildman–Crippen LogP) is 3.08. The van der Waals surface area contributed by atoms with Crippen molar-refractivity contribution >= 4 is 51.7 Å². The highest BCUT2D eigenvalue weighted by atomic mass is 32.2. The monoisotopic (exact) mass is 592 g/mol. The van der Waals surface area contributed by atoms with Gasteiger partial charge in [0.25, 0.3) is 11.8 Å². The predicted molar refractivity (Wildman–Crippen MR) is 156 cm³/mol. The molecule has 1 aromatic heterocycles. The topological polar surface area (TPSA) is 153 Å². The zero-order valence-corrected chi connectivity index (χ0v) is 24.8. The highest BCUT2D eigenvalue weighted by Crippen LogP contribution is 2.21. The van der Waals surface area contributed by atoms with Gasteiger partial charge in [0.05, 0.1) is 19.4 Å². The number of aromatic nitrogens is 1. The normalized spacial score (nSPS) is 12.5. The lowest BCUT2D eigenvalue weighted by Gasteiger charge is -2.09. The number of nitrogens with one attached hydrogen (secondary N) is 3. The van der Waals surface area contributed by atoms with Crippen LogP contribution in [0.25, 0.3) is 5.57 Å². The Bertz CT molecular complexity index is 1220. The molecule has 218 valence electrons. The smallest absolute Gasteiger partial charge is 0.353 e. The van der Waals surface area contributed by atoms with Crippen molar-refractivity contribution in [3.8, 4) is 0 Å². The molecule has 0 fully saturated rings. The molecule has 0 radical (unpaired) electrons. The number of methoxy groups -OCH3 is 1. The largest absolute Gasteiger partial charge is 0.464 e. The van der Waals surface area contributed by atoms with Crippen LogP contribution in [-0.2, 0) is 34.4 Å². The molecule has 3 amide bonds. The summed E-state index contributed by atoms with van der Waals surface area (Å²) in [7, 11) is 1.14. The molecule has 11 nitrogen and oxygen atoms in total. The first-order valence-electron chi connectivity index (χ1n) is 12.3. The van der Waals surface area contributed by atoms with Crippen LogP contribution in [0.1, 0.15) is 55.0 Å². The third kappa shape index (κ3) is 12.9. The number of amides is 3. The lowest BCUT2D eigenvalue weighted by molar-refractivity contribution is -0.137. The van der Waals surface area contributed by atoms with Crippen LogP contribution < -0.4 is 16.0 Å². The number of carbonyl (C=O) groups is 4. The summed E-state index contributed by atoms with van der Waals surface area (Å²) < 4.78 is 20.3. The molecule has 40 heavy (non-hydrogen) atoms. The summed E-state index contributed by atoms with van der Waals surface area (Å²) in [6.07, 6.45) is 12.0. The SMILES string of the molecule is C=C(NC(=O)c1csc(C(/C=C\C)=C/C=C(\C)C(=O)NCCCCCCOS(C)=O)n1)C(=O)NC(=C)C(=O)OC. The summed E-state index contributed by atoms with van der Waals surface area (Å²) in [5.74, 6) is -2.50. The van der Waals surface area contributed by atoms with Gasteiger partial charge in [-0.3, -0.25) is 18.6 Å². The van der Waals surface area contributed by atoms with Gasteiger partial charge in [0.1, 0.15) is 16.4 Å². The second kappa shape index (κ2) is 18.6. The van der Waals surface area contributed by atoms with Crippen LogP contribution in [-0.4, -0.2) is 59.4 Å². The van der Waals surface area contributed by atoms with Gasteiger partial charge in [-0.05, 0) is 26.7 Å². The molecule has 1 unspecified atom stereocenters. The van der Waals surface area contributed by atoms with Gasteiger partial charge in [-0.15, -0.1) is 11.3 Å². The minimum atomic E-state index is -1.24. The quantitative estimate of drug-likeness (QED) is 0.108. The van der Waals surface area contributed by atoms with E-state index in [0.717, 1.165) is 32.8 Å². The molecule has 1 rings (SSSR count). The molecule has 1 heterocycles. The minimum Gasteiger partial charge on any atom is -0.464 e. The summed E-state index contributed by atoms with van der Waals surface area (Å²) in [6, 6.07) is 0. The van der Waals surface area contributed by atoms with Crippen LogP contribution in [0.3, 0.4) is 0 Å². The molecule has 13 heteroatoms. The van der Waals surface area contributed by atoms with Crippen molar-refractivity contribution in [2.24, 2.45) is 0 Å². The lowest BCUT2D eigenvalue weighted by Crippen LogP contribution is -2.35. The van der Waals surface area contributed by atoms with Gasteiger partial charge in [0.2, 0.25) is 5.91 Å². The Morgan fingerprint density at radius 2 is 1.75 bits per heavy atom. The van der Waals surface area contributed by atoms with E-state index in [2.05, 4.69) is 38.8 Å². The fourth-order valence-corrected chi connectivity index (χ4v) is 4.08. The van der Waals surface area contributed by atoms with Crippen LogP contribution in [0.2, 0.25) is 0 Å². The van der Waals surface area contributed by atoms with Gasteiger partial charge in [0.15, 0.2) is 11.1 Å². The lowest BCUT2D eigenvalue weighted by atomic mass is 10.1.